The monoisotopic (exact) mass is 185 g/mol. The van der Waals surface area contributed by atoms with Crippen LogP contribution in [0, 0.1) is 10.8 Å². The molecular formula is C11H23NO. The summed E-state index contributed by atoms with van der Waals surface area (Å²) in [5.74, 6) is 0.118. The zero-order valence-electron chi connectivity index (χ0n) is 9.99. The summed E-state index contributed by atoms with van der Waals surface area (Å²) in [4.78, 5) is 12.0. The zero-order chi connectivity index (χ0) is 11.1. The maximum absolute atomic E-state index is 12.0. The van der Waals surface area contributed by atoms with Gasteiger partial charge in [-0.05, 0) is 19.3 Å². The molecule has 2 nitrogen and oxygen atoms in total. The lowest BCUT2D eigenvalue weighted by molar-refractivity contribution is -0.137. The van der Waals surface area contributed by atoms with Crippen LogP contribution < -0.4 is 5.73 Å². The highest BCUT2D eigenvalue weighted by Crippen LogP contribution is 2.40. The van der Waals surface area contributed by atoms with Crippen molar-refractivity contribution in [3.8, 4) is 0 Å². The minimum absolute atomic E-state index is 0.0548. The molecule has 0 fully saturated rings. The first-order valence-electron chi connectivity index (χ1n) is 4.74. The van der Waals surface area contributed by atoms with Crippen LogP contribution in [0.3, 0.4) is 0 Å². The number of ketones is 1. The highest BCUT2D eigenvalue weighted by Gasteiger charge is 2.44. The van der Waals surface area contributed by atoms with Crippen molar-refractivity contribution in [3.05, 3.63) is 0 Å². The van der Waals surface area contributed by atoms with Gasteiger partial charge in [-0.1, -0.05) is 34.6 Å². The standard InChI is InChI=1S/C11H23NO/c1-9(2,3)10(4,5)8(13)11(6,7)12/h12H2,1-7H3. The van der Waals surface area contributed by atoms with E-state index in [9.17, 15) is 4.79 Å². The van der Waals surface area contributed by atoms with Crippen LogP contribution in [0.5, 0.6) is 0 Å². The molecule has 0 aromatic rings. The number of rotatable bonds is 2. The van der Waals surface area contributed by atoms with E-state index >= 15 is 0 Å². The largest absolute Gasteiger partial charge is 0.319 e. The summed E-state index contributed by atoms with van der Waals surface area (Å²) in [6.45, 7) is 13.7. The number of carbonyl (C=O) groups excluding carboxylic acids is 1. The van der Waals surface area contributed by atoms with Gasteiger partial charge < -0.3 is 5.73 Å². The highest BCUT2D eigenvalue weighted by molar-refractivity contribution is 5.92. The van der Waals surface area contributed by atoms with E-state index in [4.69, 9.17) is 5.73 Å². The highest BCUT2D eigenvalue weighted by atomic mass is 16.1. The molecule has 0 rings (SSSR count). The van der Waals surface area contributed by atoms with Gasteiger partial charge in [0.2, 0.25) is 0 Å². The molecule has 2 N–H and O–H groups in total. The topological polar surface area (TPSA) is 43.1 Å². The number of nitrogens with two attached hydrogens (primary N) is 1. The lowest BCUT2D eigenvalue weighted by atomic mass is 9.63. The third-order valence-electron chi connectivity index (χ3n) is 3.03. The molecule has 0 radical (unpaired) electrons. The first-order chi connectivity index (χ1) is 5.40. The minimum atomic E-state index is -0.739. The van der Waals surface area contributed by atoms with Crippen molar-refractivity contribution in [1.29, 1.82) is 0 Å². The van der Waals surface area contributed by atoms with E-state index in [2.05, 4.69) is 20.8 Å². The Labute approximate surface area is 81.9 Å². The van der Waals surface area contributed by atoms with Crippen LogP contribution in [-0.4, -0.2) is 11.3 Å². The lowest BCUT2D eigenvalue weighted by Gasteiger charge is -2.41. The molecule has 0 bridgehead atoms. The summed E-state index contributed by atoms with van der Waals surface area (Å²) >= 11 is 0. The molecule has 0 atom stereocenters. The fourth-order valence-corrected chi connectivity index (χ4v) is 1.15. The fraction of sp³-hybridized carbons (Fsp3) is 0.909. The summed E-state index contributed by atoms with van der Waals surface area (Å²) in [5.41, 5.74) is 4.63. The average Bonchev–Trinajstić information content (AvgIpc) is 1.81. The molecular weight excluding hydrogens is 162 g/mol. The smallest absolute Gasteiger partial charge is 0.158 e. The van der Waals surface area contributed by atoms with Gasteiger partial charge in [-0.3, -0.25) is 4.79 Å². The van der Waals surface area contributed by atoms with E-state index in [-0.39, 0.29) is 16.6 Å². The third kappa shape index (κ3) is 2.53. The van der Waals surface area contributed by atoms with Gasteiger partial charge in [0.05, 0.1) is 5.54 Å². The van der Waals surface area contributed by atoms with Gasteiger partial charge in [-0.25, -0.2) is 0 Å². The molecule has 0 saturated carbocycles. The van der Waals surface area contributed by atoms with Crippen LogP contribution in [0.1, 0.15) is 48.5 Å². The van der Waals surface area contributed by atoms with Gasteiger partial charge in [0.15, 0.2) is 5.78 Å². The Morgan fingerprint density at radius 2 is 1.23 bits per heavy atom. The van der Waals surface area contributed by atoms with Gasteiger partial charge in [0, 0.05) is 5.41 Å². The normalized spacial score (nSPS) is 14.5. The molecule has 0 aliphatic carbocycles. The van der Waals surface area contributed by atoms with Crippen molar-refractivity contribution < 1.29 is 4.79 Å². The Kier molecular flexibility index (Phi) is 3.00. The Hall–Kier alpha value is -0.370. The maximum atomic E-state index is 12.0. The molecule has 0 spiro atoms. The van der Waals surface area contributed by atoms with E-state index in [1.165, 1.54) is 0 Å². The molecule has 13 heavy (non-hydrogen) atoms. The maximum Gasteiger partial charge on any atom is 0.158 e. The van der Waals surface area contributed by atoms with E-state index < -0.39 is 5.54 Å². The van der Waals surface area contributed by atoms with Gasteiger partial charge >= 0.3 is 0 Å². The molecule has 0 saturated heterocycles. The van der Waals surface area contributed by atoms with Crippen LogP contribution in [-0.2, 0) is 4.79 Å². The summed E-state index contributed by atoms with van der Waals surface area (Å²) in [5, 5.41) is 0. The third-order valence-corrected chi connectivity index (χ3v) is 3.03. The van der Waals surface area contributed by atoms with Crippen molar-refractivity contribution in [1.82, 2.24) is 0 Å². The molecule has 0 aliphatic rings. The van der Waals surface area contributed by atoms with Crippen molar-refractivity contribution in [2.75, 3.05) is 0 Å². The van der Waals surface area contributed by atoms with Crippen LogP contribution in [0.2, 0.25) is 0 Å². The lowest BCUT2D eigenvalue weighted by Crippen LogP contribution is -2.53. The Morgan fingerprint density at radius 3 is 1.31 bits per heavy atom. The second kappa shape index (κ2) is 3.09. The second-order valence-electron chi connectivity index (χ2n) is 5.93. The van der Waals surface area contributed by atoms with Crippen molar-refractivity contribution in [3.63, 3.8) is 0 Å². The first-order valence-corrected chi connectivity index (χ1v) is 4.74. The van der Waals surface area contributed by atoms with Crippen LogP contribution in [0.25, 0.3) is 0 Å². The van der Waals surface area contributed by atoms with Crippen molar-refractivity contribution in [2.24, 2.45) is 16.6 Å². The van der Waals surface area contributed by atoms with Crippen molar-refractivity contribution in [2.45, 2.75) is 54.0 Å². The molecule has 0 unspecified atom stereocenters. The zero-order valence-corrected chi connectivity index (χ0v) is 9.99. The fourth-order valence-electron chi connectivity index (χ4n) is 1.15. The minimum Gasteiger partial charge on any atom is -0.319 e. The summed E-state index contributed by atoms with van der Waals surface area (Å²) in [6.07, 6.45) is 0. The molecule has 0 amide bonds. The number of hydrogen-bond donors (Lipinski definition) is 1. The number of carbonyl (C=O) groups is 1. The number of hydrogen-bond acceptors (Lipinski definition) is 2. The van der Waals surface area contributed by atoms with E-state index in [0.29, 0.717) is 0 Å². The van der Waals surface area contributed by atoms with Gasteiger partial charge in [-0.2, -0.15) is 0 Å². The second-order valence-corrected chi connectivity index (χ2v) is 5.93. The SMILES string of the molecule is CC(C)(N)C(=O)C(C)(C)C(C)(C)C. The summed E-state index contributed by atoms with van der Waals surface area (Å²) < 4.78 is 0. The quantitative estimate of drug-likeness (QED) is 0.717. The first kappa shape index (κ1) is 12.6. The average molecular weight is 185 g/mol. The molecule has 78 valence electrons. The van der Waals surface area contributed by atoms with Gasteiger partial charge in [0.25, 0.3) is 0 Å². The van der Waals surface area contributed by atoms with Crippen LogP contribution in [0.4, 0.5) is 0 Å². The number of Topliss-reactive ketones (excluding diaryl/α,β-unsaturated/α-hetero) is 1. The predicted molar refractivity (Wildman–Crippen MR) is 56.5 cm³/mol. The Balaban J connectivity index is 4.98. The summed E-state index contributed by atoms with van der Waals surface area (Å²) in [7, 11) is 0. The Bertz CT molecular complexity index is 203. The van der Waals surface area contributed by atoms with Crippen LogP contribution in [0.15, 0.2) is 0 Å². The molecule has 0 aliphatic heterocycles. The van der Waals surface area contributed by atoms with E-state index in [1.54, 1.807) is 13.8 Å². The predicted octanol–water partition coefficient (Wildman–Crippen LogP) is 2.37. The van der Waals surface area contributed by atoms with Gasteiger partial charge in [0.1, 0.15) is 0 Å². The summed E-state index contributed by atoms with van der Waals surface area (Å²) in [6, 6.07) is 0. The van der Waals surface area contributed by atoms with Gasteiger partial charge in [-0.15, -0.1) is 0 Å². The van der Waals surface area contributed by atoms with E-state index in [0.717, 1.165) is 0 Å². The molecule has 0 aromatic carbocycles. The Morgan fingerprint density at radius 1 is 0.923 bits per heavy atom. The molecule has 0 aromatic heterocycles. The van der Waals surface area contributed by atoms with E-state index in [1.807, 2.05) is 13.8 Å². The molecule has 0 heterocycles. The van der Waals surface area contributed by atoms with Crippen LogP contribution >= 0.6 is 0 Å². The van der Waals surface area contributed by atoms with Crippen molar-refractivity contribution >= 4 is 5.78 Å². The molecule has 2 heteroatoms.